The molecule has 3 rings (SSSR count). The smallest absolute Gasteiger partial charge is 0.241 e. The fraction of sp³-hybridized carbons (Fsp3) is 0.286. The van der Waals surface area contributed by atoms with Gasteiger partial charge >= 0.3 is 0 Å². The average Bonchev–Trinajstić information content (AvgIpc) is 3.00. The molecule has 1 aromatic heterocycles. The van der Waals surface area contributed by atoms with Crippen LogP contribution >= 0.6 is 11.3 Å². The van der Waals surface area contributed by atoms with Crippen molar-refractivity contribution < 1.29 is 17.9 Å². The van der Waals surface area contributed by atoms with Gasteiger partial charge in [-0.15, -0.1) is 11.3 Å². The van der Waals surface area contributed by atoms with Crippen LogP contribution in [0.1, 0.15) is 17.8 Å². The first-order chi connectivity index (χ1) is 10.1. The second-order valence-electron chi connectivity index (χ2n) is 4.66. The fourth-order valence-corrected chi connectivity index (χ4v) is 4.13. The summed E-state index contributed by atoms with van der Waals surface area (Å²) < 4.78 is 38.3. The van der Waals surface area contributed by atoms with Crippen LogP contribution < -0.4 is 14.2 Å². The number of thiophene rings is 1. The van der Waals surface area contributed by atoms with Crippen molar-refractivity contribution in [2.24, 2.45) is 0 Å². The van der Waals surface area contributed by atoms with E-state index in [1.165, 1.54) is 23.5 Å². The van der Waals surface area contributed by atoms with Gasteiger partial charge in [0.25, 0.3) is 0 Å². The minimum absolute atomic E-state index is 0.176. The van der Waals surface area contributed by atoms with Crippen LogP contribution in [0.2, 0.25) is 0 Å². The second-order valence-corrected chi connectivity index (χ2v) is 7.36. The lowest BCUT2D eigenvalue weighted by molar-refractivity contribution is 0.171. The van der Waals surface area contributed by atoms with E-state index in [2.05, 4.69) is 4.72 Å². The van der Waals surface area contributed by atoms with Crippen LogP contribution in [-0.2, 0) is 10.0 Å². The van der Waals surface area contributed by atoms with Crippen LogP contribution in [0.5, 0.6) is 11.5 Å². The zero-order valence-corrected chi connectivity index (χ0v) is 13.0. The molecule has 0 fully saturated rings. The van der Waals surface area contributed by atoms with Gasteiger partial charge < -0.3 is 9.47 Å². The third-order valence-corrected chi connectivity index (χ3v) is 5.72. The maximum Gasteiger partial charge on any atom is 0.241 e. The molecule has 1 aliphatic heterocycles. The van der Waals surface area contributed by atoms with E-state index in [1.54, 1.807) is 6.07 Å². The summed E-state index contributed by atoms with van der Waals surface area (Å²) in [6.45, 7) is 2.73. The van der Waals surface area contributed by atoms with E-state index in [9.17, 15) is 8.42 Å². The Balaban J connectivity index is 1.84. The SMILES string of the molecule is CC(NS(=O)(=O)c1ccc2c(c1)OCCO2)c1cccs1. The van der Waals surface area contributed by atoms with Gasteiger partial charge in [-0.25, -0.2) is 13.1 Å². The van der Waals surface area contributed by atoms with Gasteiger partial charge in [0.1, 0.15) is 13.2 Å². The highest BCUT2D eigenvalue weighted by molar-refractivity contribution is 7.89. The monoisotopic (exact) mass is 325 g/mol. The van der Waals surface area contributed by atoms with Crippen LogP contribution in [0, 0.1) is 0 Å². The van der Waals surface area contributed by atoms with E-state index < -0.39 is 10.0 Å². The van der Waals surface area contributed by atoms with Gasteiger partial charge in [0.05, 0.1) is 10.9 Å². The third-order valence-electron chi connectivity index (χ3n) is 3.13. The van der Waals surface area contributed by atoms with Crippen LogP contribution in [-0.4, -0.2) is 21.6 Å². The molecule has 0 bridgehead atoms. The van der Waals surface area contributed by atoms with Gasteiger partial charge in [-0.1, -0.05) is 6.07 Å². The lowest BCUT2D eigenvalue weighted by Crippen LogP contribution is -2.26. The number of hydrogen-bond acceptors (Lipinski definition) is 5. The Hall–Kier alpha value is -1.57. The van der Waals surface area contributed by atoms with Gasteiger partial charge in [0.15, 0.2) is 11.5 Å². The van der Waals surface area contributed by atoms with Crippen molar-refractivity contribution in [3.05, 3.63) is 40.6 Å². The number of nitrogens with one attached hydrogen (secondary N) is 1. The summed E-state index contributed by atoms with van der Waals surface area (Å²) in [7, 11) is -3.60. The molecular formula is C14H15NO4S2. The topological polar surface area (TPSA) is 64.6 Å². The number of ether oxygens (including phenoxy) is 2. The van der Waals surface area contributed by atoms with E-state index in [0.29, 0.717) is 24.7 Å². The van der Waals surface area contributed by atoms with Crippen molar-refractivity contribution in [3.8, 4) is 11.5 Å². The highest BCUT2D eigenvalue weighted by Gasteiger charge is 2.22. The molecule has 112 valence electrons. The predicted octanol–water partition coefficient (Wildman–Crippen LogP) is 2.56. The minimum Gasteiger partial charge on any atom is -0.486 e. The zero-order valence-electron chi connectivity index (χ0n) is 11.4. The summed E-state index contributed by atoms with van der Waals surface area (Å²) in [6, 6.07) is 8.17. The van der Waals surface area contributed by atoms with E-state index >= 15 is 0 Å². The first-order valence-corrected chi connectivity index (χ1v) is 8.88. The Morgan fingerprint density at radius 2 is 1.95 bits per heavy atom. The Morgan fingerprint density at radius 1 is 1.19 bits per heavy atom. The summed E-state index contributed by atoms with van der Waals surface area (Å²) in [4.78, 5) is 1.14. The average molecular weight is 325 g/mol. The number of benzene rings is 1. The van der Waals surface area contributed by atoms with Gasteiger partial charge in [0, 0.05) is 10.9 Å². The summed E-state index contributed by atoms with van der Waals surface area (Å²) in [5.41, 5.74) is 0. The number of fused-ring (bicyclic) bond motifs is 1. The van der Waals surface area contributed by atoms with Crippen molar-refractivity contribution in [1.82, 2.24) is 4.72 Å². The van der Waals surface area contributed by atoms with E-state index in [-0.39, 0.29) is 10.9 Å². The van der Waals surface area contributed by atoms with Crippen molar-refractivity contribution >= 4 is 21.4 Å². The number of rotatable bonds is 4. The van der Waals surface area contributed by atoms with E-state index in [0.717, 1.165) is 4.88 Å². The first kappa shape index (κ1) is 14.4. The summed E-state index contributed by atoms with van der Waals surface area (Å²) in [5.74, 6) is 1.04. The van der Waals surface area contributed by atoms with Crippen molar-refractivity contribution in [1.29, 1.82) is 0 Å². The fourth-order valence-electron chi connectivity index (χ4n) is 2.09. The summed E-state index contributed by atoms with van der Waals surface area (Å²) >= 11 is 1.52. The summed E-state index contributed by atoms with van der Waals surface area (Å²) in [5, 5.41) is 1.92. The van der Waals surface area contributed by atoms with Crippen molar-refractivity contribution in [3.63, 3.8) is 0 Å². The highest BCUT2D eigenvalue weighted by Crippen LogP contribution is 2.32. The van der Waals surface area contributed by atoms with Crippen molar-refractivity contribution in [2.75, 3.05) is 13.2 Å². The Bertz CT molecular complexity index is 725. The predicted molar refractivity (Wildman–Crippen MR) is 80.5 cm³/mol. The van der Waals surface area contributed by atoms with E-state index in [1.807, 2.05) is 24.4 Å². The maximum atomic E-state index is 12.4. The quantitative estimate of drug-likeness (QED) is 0.938. The third kappa shape index (κ3) is 3.04. The Labute approximate surface area is 127 Å². The summed E-state index contributed by atoms with van der Waals surface area (Å²) in [6.07, 6.45) is 0. The molecule has 2 heterocycles. The second kappa shape index (κ2) is 5.67. The normalized spacial score (nSPS) is 15.7. The molecule has 5 nitrogen and oxygen atoms in total. The lowest BCUT2D eigenvalue weighted by atomic mass is 10.3. The molecule has 1 aromatic carbocycles. The lowest BCUT2D eigenvalue weighted by Gasteiger charge is -2.19. The Morgan fingerprint density at radius 3 is 2.67 bits per heavy atom. The first-order valence-electron chi connectivity index (χ1n) is 6.52. The molecule has 21 heavy (non-hydrogen) atoms. The Kier molecular flexibility index (Phi) is 3.88. The van der Waals surface area contributed by atoms with Gasteiger partial charge in [-0.2, -0.15) is 0 Å². The highest BCUT2D eigenvalue weighted by atomic mass is 32.2. The molecule has 1 unspecified atom stereocenters. The molecule has 0 saturated carbocycles. The molecule has 7 heteroatoms. The zero-order chi connectivity index (χ0) is 14.9. The maximum absolute atomic E-state index is 12.4. The molecule has 1 N–H and O–H groups in total. The standard InChI is InChI=1S/C14H15NO4S2/c1-10(14-3-2-8-20-14)15-21(16,17)11-4-5-12-13(9-11)19-7-6-18-12/h2-5,8-10,15H,6-7H2,1H3. The molecule has 0 amide bonds. The van der Waals surface area contributed by atoms with Gasteiger partial charge in [-0.05, 0) is 30.5 Å². The molecule has 1 atom stereocenters. The molecule has 0 saturated heterocycles. The van der Waals surface area contributed by atoms with Gasteiger partial charge in [0.2, 0.25) is 10.0 Å². The van der Waals surface area contributed by atoms with Crippen LogP contribution in [0.4, 0.5) is 0 Å². The van der Waals surface area contributed by atoms with Crippen LogP contribution in [0.15, 0.2) is 40.6 Å². The molecule has 0 radical (unpaired) electrons. The van der Waals surface area contributed by atoms with E-state index in [4.69, 9.17) is 9.47 Å². The molecule has 1 aliphatic rings. The molecule has 0 spiro atoms. The van der Waals surface area contributed by atoms with Gasteiger partial charge in [-0.3, -0.25) is 0 Å². The molecule has 0 aliphatic carbocycles. The van der Waals surface area contributed by atoms with Crippen molar-refractivity contribution in [2.45, 2.75) is 17.9 Å². The number of hydrogen-bond donors (Lipinski definition) is 1. The molecule has 2 aromatic rings. The number of sulfonamides is 1. The minimum atomic E-state index is -3.60. The van der Waals surface area contributed by atoms with Crippen LogP contribution in [0.3, 0.4) is 0 Å². The van der Waals surface area contributed by atoms with Crippen LogP contribution in [0.25, 0.3) is 0 Å². The largest absolute Gasteiger partial charge is 0.486 e. The molecular weight excluding hydrogens is 310 g/mol.